The van der Waals surface area contributed by atoms with Gasteiger partial charge in [0.25, 0.3) is 0 Å². The molecular formula is C32H44N6O4Si2. The van der Waals surface area contributed by atoms with Crippen LogP contribution in [0.25, 0.3) is 33.6 Å². The van der Waals surface area contributed by atoms with Gasteiger partial charge in [-0.3, -0.25) is 0 Å². The number of benzene rings is 2. The average molecular weight is 633 g/mol. The van der Waals surface area contributed by atoms with Crippen LogP contribution in [0.3, 0.4) is 0 Å². The van der Waals surface area contributed by atoms with E-state index in [1.165, 1.54) is 27.1 Å². The van der Waals surface area contributed by atoms with Gasteiger partial charge in [0, 0.05) is 40.5 Å². The number of hydrogen-bond donors (Lipinski definition) is 0. The van der Waals surface area contributed by atoms with Gasteiger partial charge in [-0.05, 0) is 59.8 Å². The highest BCUT2D eigenvalue weighted by atomic mass is 28.3. The monoisotopic (exact) mass is 632 g/mol. The summed E-state index contributed by atoms with van der Waals surface area (Å²) < 4.78 is 17.0. The van der Waals surface area contributed by atoms with Gasteiger partial charge >= 0.3 is 5.97 Å². The summed E-state index contributed by atoms with van der Waals surface area (Å²) in [5.74, 6) is -0.487. The number of fused-ring (bicyclic) bond motifs is 3. The maximum absolute atomic E-state index is 12.8. The normalized spacial score (nSPS) is 12.8. The lowest BCUT2D eigenvalue weighted by Crippen LogP contribution is -2.22. The lowest BCUT2D eigenvalue weighted by molar-refractivity contribution is 0.0507. The van der Waals surface area contributed by atoms with Crippen molar-refractivity contribution >= 4 is 22.1 Å². The first-order chi connectivity index (χ1) is 20.9. The van der Waals surface area contributed by atoms with E-state index in [0.29, 0.717) is 19.0 Å². The molecule has 0 atom stereocenters. The molecule has 0 aliphatic heterocycles. The molecule has 0 bridgehead atoms. The highest BCUT2D eigenvalue weighted by molar-refractivity contribution is 6.76. The third-order valence-electron chi connectivity index (χ3n) is 7.52. The number of rotatable bonds is 14. The van der Waals surface area contributed by atoms with Crippen molar-refractivity contribution in [3.8, 4) is 33.6 Å². The molecule has 2 heterocycles. The van der Waals surface area contributed by atoms with Crippen LogP contribution >= 0.6 is 0 Å². The molecule has 0 saturated carbocycles. The van der Waals surface area contributed by atoms with E-state index in [1.807, 2.05) is 6.07 Å². The molecule has 4 aromatic rings. The Balaban J connectivity index is 1.31. The number of carbonyl (C=O) groups is 1. The number of esters is 1. The van der Waals surface area contributed by atoms with Gasteiger partial charge in [-0.1, -0.05) is 63.5 Å². The van der Waals surface area contributed by atoms with E-state index in [0.717, 1.165) is 41.9 Å². The Labute approximate surface area is 261 Å². The predicted molar refractivity (Wildman–Crippen MR) is 177 cm³/mol. The molecule has 0 N–H and O–H groups in total. The Kier molecular flexibility index (Phi) is 9.63. The largest absolute Gasteiger partial charge is 0.461 e. The average Bonchev–Trinajstić information content (AvgIpc) is 3.69. The Morgan fingerprint density at radius 3 is 2.00 bits per heavy atom. The lowest BCUT2D eigenvalue weighted by Gasteiger charge is -2.14. The number of ether oxygens (including phenoxy) is 3. The van der Waals surface area contributed by atoms with Gasteiger partial charge in [0.2, 0.25) is 0 Å². The maximum Gasteiger partial charge on any atom is 0.361 e. The van der Waals surface area contributed by atoms with Crippen molar-refractivity contribution in [3.63, 3.8) is 0 Å². The van der Waals surface area contributed by atoms with Crippen molar-refractivity contribution in [2.75, 3.05) is 19.8 Å². The summed E-state index contributed by atoms with van der Waals surface area (Å²) in [5, 5.41) is 18.2. The van der Waals surface area contributed by atoms with Crippen molar-refractivity contribution in [1.29, 1.82) is 0 Å². The van der Waals surface area contributed by atoms with Gasteiger partial charge in [-0.25, -0.2) is 4.79 Å². The first-order valence-electron chi connectivity index (χ1n) is 15.3. The van der Waals surface area contributed by atoms with Crippen LogP contribution in [-0.4, -0.2) is 71.9 Å². The van der Waals surface area contributed by atoms with Crippen molar-refractivity contribution in [2.24, 2.45) is 0 Å². The van der Waals surface area contributed by atoms with Gasteiger partial charge in [0.05, 0.1) is 12.8 Å². The summed E-state index contributed by atoms with van der Waals surface area (Å²) in [5.41, 5.74) is 8.13. The predicted octanol–water partition coefficient (Wildman–Crippen LogP) is 6.58. The third kappa shape index (κ3) is 7.97. The van der Waals surface area contributed by atoms with Crippen molar-refractivity contribution in [2.45, 2.75) is 78.2 Å². The highest BCUT2D eigenvalue weighted by Gasteiger charge is 2.25. The maximum atomic E-state index is 12.8. The zero-order chi connectivity index (χ0) is 31.5. The SMILES string of the molecule is CCOC(=O)c1nn(COCC[Si](C)(C)C)nc1-c1ccc2c(c1)Cc1cc(-c3cnn(COCC[Si](C)(C)C)n3)ccc1-2. The van der Waals surface area contributed by atoms with E-state index >= 15 is 0 Å². The minimum atomic E-state index is -1.21. The molecule has 10 nitrogen and oxygen atoms in total. The Bertz CT molecular complexity index is 1620. The van der Waals surface area contributed by atoms with Gasteiger partial charge < -0.3 is 14.2 Å². The fourth-order valence-electron chi connectivity index (χ4n) is 5.00. The minimum Gasteiger partial charge on any atom is -0.461 e. The molecule has 44 heavy (non-hydrogen) atoms. The van der Waals surface area contributed by atoms with E-state index in [2.05, 4.69) is 90.0 Å². The van der Waals surface area contributed by atoms with Gasteiger partial charge in [0.15, 0.2) is 19.2 Å². The first-order valence-corrected chi connectivity index (χ1v) is 22.8. The molecule has 5 rings (SSSR count). The molecule has 1 aliphatic rings. The van der Waals surface area contributed by atoms with E-state index in [9.17, 15) is 4.79 Å². The summed E-state index contributed by atoms with van der Waals surface area (Å²) >= 11 is 0. The molecule has 0 fully saturated rings. The second kappa shape index (κ2) is 13.3. The lowest BCUT2D eigenvalue weighted by atomic mass is 10.0. The quantitative estimate of drug-likeness (QED) is 0.0768. The van der Waals surface area contributed by atoms with Crippen molar-refractivity contribution in [3.05, 3.63) is 59.4 Å². The second-order valence-corrected chi connectivity index (χ2v) is 25.0. The van der Waals surface area contributed by atoms with Crippen LogP contribution in [0, 0.1) is 0 Å². The third-order valence-corrected chi connectivity index (χ3v) is 10.9. The van der Waals surface area contributed by atoms with Crippen LogP contribution in [0.15, 0.2) is 42.6 Å². The van der Waals surface area contributed by atoms with E-state index in [-0.39, 0.29) is 19.0 Å². The van der Waals surface area contributed by atoms with Gasteiger partial charge in [-0.15, -0.1) is 5.10 Å². The topological polar surface area (TPSA) is 106 Å². The van der Waals surface area contributed by atoms with Crippen LogP contribution in [0.5, 0.6) is 0 Å². The molecule has 0 radical (unpaired) electrons. The number of aromatic nitrogens is 6. The van der Waals surface area contributed by atoms with E-state index in [4.69, 9.17) is 14.2 Å². The molecule has 2 aromatic carbocycles. The zero-order valence-corrected chi connectivity index (χ0v) is 29.0. The van der Waals surface area contributed by atoms with Crippen molar-refractivity contribution < 1.29 is 19.0 Å². The fraction of sp³-hybridized carbons (Fsp3) is 0.469. The molecular weight excluding hydrogens is 589 g/mol. The number of nitrogens with zero attached hydrogens (tertiary/aromatic N) is 6. The molecule has 0 amide bonds. The molecule has 2 aromatic heterocycles. The van der Waals surface area contributed by atoms with Crippen molar-refractivity contribution in [1.82, 2.24) is 30.0 Å². The van der Waals surface area contributed by atoms with Crippen LogP contribution in [0.2, 0.25) is 51.4 Å². The van der Waals surface area contributed by atoms with Crippen LogP contribution in [-0.2, 0) is 34.1 Å². The van der Waals surface area contributed by atoms with Crippen LogP contribution < -0.4 is 0 Å². The minimum absolute atomic E-state index is 0.186. The van der Waals surface area contributed by atoms with E-state index < -0.39 is 22.1 Å². The summed E-state index contributed by atoms with van der Waals surface area (Å²) in [6.07, 6.45) is 2.56. The van der Waals surface area contributed by atoms with Crippen LogP contribution in [0.4, 0.5) is 0 Å². The Hall–Kier alpha value is -3.46. The van der Waals surface area contributed by atoms with E-state index in [1.54, 1.807) is 17.9 Å². The Morgan fingerprint density at radius 1 is 0.795 bits per heavy atom. The highest BCUT2D eigenvalue weighted by Crippen LogP contribution is 2.40. The molecule has 0 saturated heterocycles. The van der Waals surface area contributed by atoms with Crippen LogP contribution in [0.1, 0.15) is 28.5 Å². The summed E-state index contributed by atoms with van der Waals surface area (Å²) in [4.78, 5) is 15.9. The molecule has 12 heteroatoms. The molecule has 1 aliphatic carbocycles. The van der Waals surface area contributed by atoms with Gasteiger partial charge in [0.1, 0.15) is 11.4 Å². The molecule has 0 unspecified atom stereocenters. The first kappa shape index (κ1) is 32.0. The number of carbonyl (C=O) groups excluding carboxylic acids is 1. The molecule has 234 valence electrons. The number of hydrogen-bond acceptors (Lipinski definition) is 8. The van der Waals surface area contributed by atoms with Gasteiger partial charge in [-0.2, -0.15) is 24.9 Å². The zero-order valence-electron chi connectivity index (χ0n) is 27.0. The summed E-state index contributed by atoms with van der Waals surface area (Å²) in [6.45, 7) is 17.9. The Morgan fingerprint density at radius 2 is 1.39 bits per heavy atom. The second-order valence-electron chi connectivity index (χ2n) is 13.7. The summed E-state index contributed by atoms with van der Waals surface area (Å²) in [6, 6.07) is 14.8. The fourth-order valence-corrected chi connectivity index (χ4v) is 6.51. The smallest absolute Gasteiger partial charge is 0.361 e. The molecule has 0 spiro atoms. The summed E-state index contributed by atoms with van der Waals surface area (Å²) in [7, 11) is -2.35. The standard InChI is InChI=1S/C32H44N6O4Si2/c1-8-42-32(39)31-30(35-38(36-31)22-41-14-16-44(5,6)7)24-10-12-28-26(18-24)19-25-17-23(9-11-27(25)28)29-20-33-37(34-29)21-40-13-15-43(2,3)4/h9-12,17-18,20H,8,13-16,19,21-22H2,1-7H3.